The number of nitrogens with one attached hydrogen (secondary N) is 1. The molecule has 3 nitrogen and oxygen atoms in total. The highest BCUT2D eigenvalue weighted by molar-refractivity contribution is 5.75. The van der Waals surface area contributed by atoms with Gasteiger partial charge < -0.3 is 11.1 Å². The average molecular weight is 256 g/mol. The highest BCUT2D eigenvalue weighted by Gasteiger charge is 2.04. The number of hydrogen-bond acceptors (Lipinski definition) is 2. The Morgan fingerprint density at radius 1 is 1.22 bits per heavy atom. The number of benzene rings is 1. The molecule has 1 aromatic rings. The minimum absolute atomic E-state index is 0.0361. The zero-order valence-corrected chi connectivity index (χ0v) is 10.2. The van der Waals surface area contributed by atoms with Gasteiger partial charge in [0.25, 0.3) is 0 Å². The molecular weight excluding hydrogens is 238 g/mol. The zero-order valence-electron chi connectivity index (χ0n) is 10.2. The van der Waals surface area contributed by atoms with Gasteiger partial charge in [-0.15, -0.1) is 0 Å². The van der Waals surface area contributed by atoms with Crippen molar-refractivity contribution < 1.29 is 13.6 Å². The highest BCUT2D eigenvalue weighted by atomic mass is 19.2. The van der Waals surface area contributed by atoms with Crippen molar-refractivity contribution >= 4 is 5.91 Å². The Bertz CT molecular complexity index is 397. The first-order valence-corrected chi connectivity index (χ1v) is 6.04. The Labute approximate surface area is 105 Å². The fraction of sp³-hybridized carbons (Fsp3) is 0.462. The second-order valence-corrected chi connectivity index (χ2v) is 4.09. The van der Waals surface area contributed by atoms with Crippen molar-refractivity contribution in [3.8, 4) is 0 Å². The molecule has 0 atom stereocenters. The molecule has 1 aromatic carbocycles. The lowest BCUT2D eigenvalue weighted by molar-refractivity contribution is -0.121. The predicted octanol–water partition coefficient (Wildman–Crippen LogP) is 1.75. The number of rotatable bonds is 7. The van der Waals surface area contributed by atoms with Crippen molar-refractivity contribution in [3.63, 3.8) is 0 Å². The van der Waals surface area contributed by atoms with Gasteiger partial charge in [0.15, 0.2) is 11.6 Å². The molecular formula is C13H18F2N2O. The van der Waals surface area contributed by atoms with E-state index in [2.05, 4.69) is 5.32 Å². The van der Waals surface area contributed by atoms with Crippen LogP contribution in [-0.4, -0.2) is 19.0 Å². The summed E-state index contributed by atoms with van der Waals surface area (Å²) in [5.74, 6) is -1.73. The number of hydrogen-bond donors (Lipinski definition) is 2. The van der Waals surface area contributed by atoms with Crippen LogP contribution in [0.2, 0.25) is 0 Å². The molecule has 1 amide bonds. The van der Waals surface area contributed by atoms with E-state index in [1.54, 1.807) is 0 Å². The molecule has 0 saturated heterocycles. The normalized spacial score (nSPS) is 10.4. The number of amides is 1. The molecule has 0 aliphatic rings. The van der Waals surface area contributed by atoms with Gasteiger partial charge in [-0.25, -0.2) is 8.78 Å². The van der Waals surface area contributed by atoms with Gasteiger partial charge in [-0.3, -0.25) is 4.79 Å². The molecule has 5 heteroatoms. The smallest absolute Gasteiger partial charge is 0.220 e. The van der Waals surface area contributed by atoms with Crippen molar-refractivity contribution in [1.82, 2.24) is 5.32 Å². The lowest BCUT2D eigenvalue weighted by atomic mass is 10.1. The topological polar surface area (TPSA) is 55.1 Å². The number of halogens is 2. The molecule has 0 aliphatic heterocycles. The first kappa shape index (κ1) is 14.6. The largest absolute Gasteiger partial charge is 0.356 e. The molecule has 0 unspecified atom stereocenters. The molecule has 1 rings (SSSR count). The van der Waals surface area contributed by atoms with Gasteiger partial charge in [0.2, 0.25) is 5.91 Å². The molecule has 0 spiro atoms. The molecule has 18 heavy (non-hydrogen) atoms. The minimum Gasteiger partial charge on any atom is -0.356 e. The Morgan fingerprint density at radius 3 is 2.67 bits per heavy atom. The van der Waals surface area contributed by atoms with Crippen LogP contribution in [0.3, 0.4) is 0 Å². The third-order valence-corrected chi connectivity index (χ3v) is 2.56. The van der Waals surface area contributed by atoms with E-state index in [0.717, 1.165) is 12.5 Å². The van der Waals surface area contributed by atoms with Gasteiger partial charge in [-0.05, 0) is 43.5 Å². The summed E-state index contributed by atoms with van der Waals surface area (Å²) < 4.78 is 25.6. The first-order chi connectivity index (χ1) is 8.63. The summed E-state index contributed by atoms with van der Waals surface area (Å²) in [5, 5.41) is 2.74. The summed E-state index contributed by atoms with van der Waals surface area (Å²) in [6.07, 6.45) is 2.31. The molecule has 0 aliphatic carbocycles. The van der Waals surface area contributed by atoms with Crippen molar-refractivity contribution in [1.29, 1.82) is 0 Å². The van der Waals surface area contributed by atoms with Gasteiger partial charge >= 0.3 is 0 Å². The molecule has 3 N–H and O–H groups in total. The summed E-state index contributed by atoms with van der Waals surface area (Å²) >= 11 is 0. The maximum atomic E-state index is 12.9. The number of aryl methyl sites for hydroxylation is 1. The van der Waals surface area contributed by atoms with Crippen LogP contribution in [0, 0.1) is 11.6 Å². The summed E-state index contributed by atoms with van der Waals surface area (Å²) in [7, 11) is 0. The van der Waals surface area contributed by atoms with Crippen LogP contribution in [0.15, 0.2) is 18.2 Å². The van der Waals surface area contributed by atoms with Crippen LogP contribution in [0.1, 0.15) is 24.8 Å². The van der Waals surface area contributed by atoms with Gasteiger partial charge in [0.1, 0.15) is 0 Å². The van der Waals surface area contributed by atoms with Gasteiger partial charge in [0.05, 0.1) is 0 Å². The van der Waals surface area contributed by atoms with Gasteiger partial charge in [-0.1, -0.05) is 6.07 Å². The van der Waals surface area contributed by atoms with Gasteiger partial charge in [0, 0.05) is 13.0 Å². The highest BCUT2D eigenvalue weighted by Crippen LogP contribution is 2.11. The van der Waals surface area contributed by atoms with E-state index in [1.165, 1.54) is 12.1 Å². The first-order valence-electron chi connectivity index (χ1n) is 6.04. The van der Waals surface area contributed by atoms with Gasteiger partial charge in [-0.2, -0.15) is 0 Å². The van der Waals surface area contributed by atoms with Crippen LogP contribution >= 0.6 is 0 Å². The van der Waals surface area contributed by atoms with Crippen LogP contribution < -0.4 is 11.1 Å². The van der Waals surface area contributed by atoms with E-state index in [9.17, 15) is 13.6 Å². The Morgan fingerprint density at radius 2 is 2.00 bits per heavy atom. The van der Waals surface area contributed by atoms with Crippen molar-refractivity contribution in [2.75, 3.05) is 13.1 Å². The minimum atomic E-state index is -0.849. The molecule has 0 heterocycles. The second kappa shape index (κ2) is 7.76. The van der Waals surface area contributed by atoms with Crippen LogP contribution in [0.25, 0.3) is 0 Å². The third-order valence-electron chi connectivity index (χ3n) is 2.56. The second-order valence-electron chi connectivity index (χ2n) is 4.09. The van der Waals surface area contributed by atoms with Crippen LogP contribution in [0.4, 0.5) is 8.78 Å². The molecule has 0 bridgehead atoms. The van der Waals surface area contributed by atoms with Crippen molar-refractivity contribution in [2.24, 2.45) is 5.73 Å². The Hall–Kier alpha value is -1.49. The molecule has 0 aromatic heterocycles. The Balaban J connectivity index is 2.24. The van der Waals surface area contributed by atoms with E-state index < -0.39 is 11.6 Å². The number of nitrogens with two attached hydrogens (primary N) is 1. The fourth-order valence-electron chi connectivity index (χ4n) is 1.57. The SMILES string of the molecule is NCCCNC(=O)CCCc1ccc(F)c(F)c1. The van der Waals surface area contributed by atoms with Crippen molar-refractivity contribution in [3.05, 3.63) is 35.4 Å². The zero-order chi connectivity index (χ0) is 13.4. The van der Waals surface area contributed by atoms with E-state index in [1.807, 2.05) is 0 Å². The number of carbonyl (C=O) groups is 1. The average Bonchev–Trinajstić information content (AvgIpc) is 2.34. The lowest BCUT2D eigenvalue weighted by Crippen LogP contribution is -2.25. The third kappa shape index (κ3) is 5.23. The Kier molecular flexibility index (Phi) is 6.28. The molecule has 0 fully saturated rings. The lowest BCUT2D eigenvalue weighted by Gasteiger charge is -2.04. The fourth-order valence-corrected chi connectivity index (χ4v) is 1.57. The summed E-state index contributed by atoms with van der Waals surface area (Å²) in [4.78, 5) is 11.3. The van der Waals surface area contributed by atoms with Crippen molar-refractivity contribution in [2.45, 2.75) is 25.7 Å². The molecule has 100 valence electrons. The summed E-state index contributed by atoms with van der Waals surface area (Å²) in [6.45, 7) is 1.13. The van der Waals surface area contributed by atoms with E-state index in [0.29, 0.717) is 37.9 Å². The van der Waals surface area contributed by atoms with E-state index >= 15 is 0 Å². The maximum Gasteiger partial charge on any atom is 0.220 e. The number of carbonyl (C=O) groups excluding carboxylic acids is 1. The van der Waals surface area contributed by atoms with E-state index in [-0.39, 0.29) is 5.91 Å². The monoisotopic (exact) mass is 256 g/mol. The molecule has 0 saturated carbocycles. The summed E-state index contributed by atoms with van der Waals surface area (Å²) in [6, 6.07) is 3.80. The van der Waals surface area contributed by atoms with E-state index in [4.69, 9.17) is 5.73 Å². The molecule has 0 radical (unpaired) electrons. The summed E-state index contributed by atoms with van der Waals surface area (Å²) in [5.41, 5.74) is 6.00. The van der Waals surface area contributed by atoms with Crippen LogP contribution in [-0.2, 0) is 11.2 Å². The quantitative estimate of drug-likeness (QED) is 0.730. The maximum absolute atomic E-state index is 12.9. The van der Waals surface area contributed by atoms with Crippen LogP contribution in [0.5, 0.6) is 0 Å². The predicted molar refractivity (Wildman–Crippen MR) is 66.0 cm³/mol. The standard InChI is InChI=1S/C13H18F2N2O/c14-11-6-5-10(9-12(11)15)3-1-4-13(18)17-8-2-7-16/h5-6,9H,1-4,7-8,16H2,(H,17,18).